The summed E-state index contributed by atoms with van der Waals surface area (Å²) in [5, 5.41) is 22.4. The van der Waals surface area contributed by atoms with Gasteiger partial charge in [-0.05, 0) is 86.3 Å². The maximum atomic E-state index is 14.0. The molecule has 364 valence electrons. The molecule has 5 atom stereocenters. The van der Waals surface area contributed by atoms with Crippen LogP contribution in [0.15, 0.2) is 66.7 Å². The topological polar surface area (TPSA) is 173 Å². The van der Waals surface area contributed by atoms with Crippen molar-refractivity contribution in [3.8, 4) is 17.6 Å². The van der Waals surface area contributed by atoms with Crippen molar-refractivity contribution in [2.45, 2.75) is 117 Å². The molecule has 0 radical (unpaired) electrons. The smallest absolute Gasteiger partial charge is 0.251 e. The largest absolute Gasteiger partial charge is 0.491 e. The number of nitriles is 1. The Balaban J connectivity index is 0.874. The zero-order valence-electron chi connectivity index (χ0n) is 40.7. The summed E-state index contributed by atoms with van der Waals surface area (Å²) in [4.78, 5) is 42.4. The number of halogens is 1. The summed E-state index contributed by atoms with van der Waals surface area (Å²) in [5.74, 6) is 0.972. The highest BCUT2D eigenvalue weighted by Gasteiger charge is 2.64. The van der Waals surface area contributed by atoms with Gasteiger partial charge in [-0.2, -0.15) is 5.26 Å². The van der Waals surface area contributed by atoms with Crippen LogP contribution in [0.25, 0.3) is 0 Å². The van der Waals surface area contributed by atoms with Gasteiger partial charge >= 0.3 is 0 Å². The van der Waals surface area contributed by atoms with Gasteiger partial charge in [0.2, 0.25) is 11.8 Å². The molecule has 15 heteroatoms. The van der Waals surface area contributed by atoms with Crippen LogP contribution < -0.4 is 30.7 Å². The minimum atomic E-state index is -0.376. The van der Waals surface area contributed by atoms with Crippen molar-refractivity contribution in [3.05, 3.63) is 94.0 Å². The summed E-state index contributed by atoms with van der Waals surface area (Å²) in [7, 11) is 1.77. The van der Waals surface area contributed by atoms with Crippen LogP contribution >= 0.6 is 11.6 Å². The van der Waals surface area contributed by atoms with E-state index in [2.05, 4.69) is 92.8 Å². The van der Waals surface area contributed by atoms with Crippen LogP contribution in [0.5, 0.6) is 11.5 Å². The molecule has 0 aromatic heterocycles. The second kappa shape index (κ2) is 22.6. The highest BCUT2D eigenvalue weighted by atomic mass is 35.5. The lowest BCUT2D eigenvalue weighted by Crippen LogP contribution is -2.74. The van der Waals surface area contributed by atoms with Gasteiger partial charge in [-0.3, -0.25) is 19.3 Å². The summed E-state index contributed by atoms with van der Waals surface area (Å²) >= 11 is 6.24. The molecule has 3 amide bonds. The van der Waals surface area contributed by atoms with Crippen LogP contribution in [0.4, 0.5) is 0 Å². The molecule has 1 saturated carbocycles. The average molecular weight is 944 g/mol. The summed E-state index contributed by atoms with van der Waals surface area (Å²) in [6.07, 6.45) is 1.95. The number of ether oxygens (including phenoxy) is 5. The number of rotatable bonds is 22. The number of nitrogens with one attached hydrogen (secondary N) is 4. The molecule has 1 aliphatic heterocycles. The minimum Gasteiger partial charge on any atom is -0.491 e. The molecular weight excluding hydrogens is 872 g/mol. The van der Waals surface area contributed by atoms with E-state index in [0.717, 1.165) is 24.9 Å². The number of benzene rings is 3. The number of hydrogen-bond acceptors (Lipinski definition) is 11. The maximum absolute atomic E-state index is 14.0. The number of carbonyl (C=O) groups is 3. The van der Waals surface area contributed by atoms with Crippen molar-refractivity contribution in [2.75, 3.05) is 59.8 Å². The van der Waals surface area contributed by atoms with Gasteiger partial charge in [0.25, 0.3) is 5.91 Å². The Bertz CT molecular complexity index is 2190. The molecule has 3 aromatic carbocycles. The van der Waals surface area contributed by atoms with Gasteiger partial charge < -0.3 is 45.0 Å². The molecule has 0 bridgehead atoms. The van der Waals surface area contributed by atoms with Crippen LogP contribution in [0.1, 0.15) is 101 Å². The van der Waals surface area contributed by atoms with Crippen molar-refractivity contribution in [2.24, 2.45) is 16.2 Å². The molecule has 2 fully saturated rings. The van der Waals surface area contributed by atoms with Gasteiger partial charge in [0.15, 0.2) is 0 Å². The Kier molecular flexibility index (Phi) is 17.4. The van der Waals surface area contributed by atoms with Crippen LogP contribution in [-0.4, -0.2) is 119 Å². The zero-order chi connectivity index (χ0) is 48.5. The number of nitrogens with zero attached hydrogens (tertiary/aromatic N) is 2. The van der Waals surface area contributed by atoms with E-state index in [1.807, 2.05) is 19.1 Å². The first kappa shape index (κ1) is 51.6. The van der Waals surface area contributed by atoms with Gasteiger partial charge in [-0.15, -0.1) is 0 Å². The number of amides is 3. The molecule has 0 unspecified atom stereocenters. The number of hydrogen-bond donors (Lipinski definition) is 4. The normalized spacial score (nSPS) is 22.7. The van der Waals surface area contributed by atoms with Crippen molar-refractivity contribution in [1.82, 2.24) is 26.2 Å². The number of carbonyl (C=O) groups excluding carboxylic acids is 3. The van der Waals surface area contributed by atoms with Crippen molar-refractivity contribution >= 4 is 29.3 Å². The molecule has 3 aromatic rings. The molecule has 1 heterocycles. The fourth-order valence-corrected chi connectivity index (χ4v) is 10.2. The Morgan fingerprint density at radius 1 is 0.896 bits per heavy atom. The lowest BCUT2D eigenvalue weighted by Gasteiger charge is -2.63. The quantitative estimate of drug-likeness (QED) is 0.0797. The molecule has 14 nitrogen and oxygen atoms in total. The van der Waals surface area contributed by atoms with E-state index >= 15 is 0 Å². The predicted molar refractivity (Wildman–Crippen MR) is 258 cm³/mol. The van der Waals surface area contributed by atoms with Gasteiger partial charge in [-0.25, -0.2) is 0 Å². The second-order valence-electron chi connectivity index (χ2n) is 20.3. The third-order valence-electron chi connectivity index (χ3n) is 13.7. The standard InChI is InChI=1S/C52H71ClN6O8/c1-33(55-9)45(60)56-43(50(2,3)4)32-59-22-12-15-41(59)47(62)57-44-39-14-11-10-13-35(39)29-42(44)66-28-26-64-24-23-63-25-27-65-37-19-16-34(17-20-37)46(61)58-48-51(5,6)49(52(48,7)8)67-38-21-18-36(31-54)40(53)30-38/h10-11,13-14,16-21,30,33,41-44,48-49,55H,12,15,22-29,32H2,1-9H3,(H,56,60)(H,57,62)(H,58,61)/t33-,41-,42+,43+,44-,48?,49?/m0/s1. The Hall–Kier alpha value is -4.75. The lowest BCUT2D eigenvalue weighted by atomic mass is 9.49. The van der Waals surface area contributed by atoms with E-state index < -0.39 is 0 Å². The van der Waals surface area contributed by atoms with Crippen LogP contribution in [0.3, 0.4) is 0 Å². The van der Waals surface area contributed by atoms with Gasteiger partial charge in [-0.1, -0.05) is 84.3 Å². The number of fused-ring (bicyclic) bond motifs is 1. The summed E-state index contributed by atoms with van der Waals surface area (Å²) in [5.41, 5.74) is 2.22. The molecule has 4 N–H and O–H groups in total. The van der Waals surface area contributed by atoms with E-state index in [0.29, 0.717) is 80.3 Å². The summed E-state index contributed by atoms with van der Waals surface area (Å²) in [6.45, 7) is 20.1. The van der Waals surface area contributed by atoms with Crippen LogP contribution in [0, 0.1) is 27.6 Å². The lowest BCUT2D eigenvalue weighted by molar-refractivity contribution is -0.164. The number of likely N-dealkylation sites (N-methyl/N-ethyl adjacent to an activating group) is 1. The van der Waals surface area contributed by atoms with E-state index in [-0.39, 0.29) is 76.4 Å². The molecular formula is C52H71ClN6O8. The van der Waals surface area contributed by atoms with E-state index in [1.54, 1.807) is 49.5 Å². The fourth-order valence-electron chi connectivity index (χ4n) is 9.99. The first-order valence-corrected chi connectivity index (χ1v) is 24.0. The molecule has 3 aliphatic rings. The molecule has 1 saturated heterocycles. The molecule has 6 rings (SSSR count). The first-order chi connectivity index (χ1) is 31.8. The van der Waals surface area contributed by atoms with Crippen molar-refractivity contribution < 1.29 is 38.1 Å². The minimum absolute atomic E-state index is 0.0134. The maximum Gasteiger partial charge on any atom is 0.251 e. The average Bonchev–Trinajstić information content (AvgIpc) is 3.91. The zero-order valence-corrected chi connectivity index (χ0v) is 41.5. The summed E-state index contributed by atoms with van der Waals surface area (Å²) < 4.78 is 30.1. The monoisotopic (exact) mass is 943 g/mol. The third-order valence-corrected chi connectivity index (χ3v) is 14.0. The van der Waals surface area contributed by atoms with Crippen LogP contribution in [-0.2, 0) is 30.2 Å². The van der Waals surface area contributed by atoms with E-state index in [4.69, 9.17) is 35.3 Å². The SMILES string of the molecule is CN[C@@H](C)C(=O)N[C@H](CN1CCC[C@H]1C(=O)N[C@H]1c2ccccc2C[C@H]1OCCOCCOCCOc1ccc(C(=O)NC2C(C)(C)C(Oc3ccc(C#N)c(Cl)c3)C2(C)C)cc1)C(C)(C)C. The second-order valence-corrected chi connectivity index (χ2v) is 20.7. The number of likely N-dealkylation sites (tertiary alicyclic amines) is 1. The Labute approximate surface area is 402 Å². The highest BCUT2D eigenvalue weighted by Crippen LogP contribution is 2.55. The van der Waals surface area contributed by atoms with E-state index in [9.17, 15) is 19.6 Å². The molecule has 0 spiro atoms. The van der Waals surface area contributed by atoms with Gasteiger partial charge in [0.1, 0.15) is 30.3 Å². The Morgan fingerprint density at radius 2 is 1.55 bits per heavy atom. The van der Waals surface area contributed by atoms with Crippen molar-refractivity contribution in [1.29, 1.82) is 5.26 Å². The summed E-state index contributed by atoms with van der Waals surface area (Å²) in [6, 6.07) is 21.2. The molecule has 67 heavy (non-hydrogen) atoms. The van der Waals surface area contributed by atoms with Gasteiger partial charge in [0.05, 0.1) is 67.8 Å². The van der Waals surface area contributed by atoms with Gasteiger partial charge in [0, 0.05) is 47.5 Å². The van der Waals surface area contributed by atoms with Crippen molar-refractivity contribution in [3.63, 3.8) is 0 Å². The highest BCUT2D eigenvalue weighted by molar-refractivity contribution is 6.31. The third kappa shape index (κ3) is 12.7. The first-order valence-electron chi connectivity index (χ1n) is 23.6. The van der Waals surface area contributed by atoms with Crippen LogP contribution in [0.2, 0.25) is 5.02 Å². The Morgan fingerprint density at radius 3 is 2.21 bits per heavy atom. The predicted octanol–water partition coefficient (Wildman–Crippen LogP) is 6.64. The molecule has 2 aliphatic carbocycles. The van der Waals surface area contributed by atoms with E-state index in [1.165, 1.54) is 5.56 Å². The fraction of sp³-hybridized carbons (Fsp3) is 0.577.